The van der Waals surface area contributed by atoms with Gasteiger partial charge in [0.2, 0.25) is 5.95 Å². The van der Waals surface area contributed by atoms with E-state index in [1.165, 1.54) is 24.8 Å². The van der Waals surface area contributed by atoms with Gasteiger partial charge in [0.25, 0.3) is 0 Å². The average molecular weight is 257 g/mol. The minimum absolute atomic E-state index is 0.918. The van der Waals surface area contributed by atoms with Gasteiger partial charge in [-0.05, 0) is 44.4 Å². The summed E-state index contributed by atoms with van der Waals surface area (Å²) < 4.78 is 2.13. The molecule has 1 N–H and O–H groups in total. The third-order valence-corrected chi connectivity index (χ3v) is 3.27. The molecule has 19 heavy (non-hydrogen) atoms. The number of aromatic nitrogens is 2. The molecule has 1 aromatic carbocycles. The molecule has 0 saturated heterocycles. The Kier molecular flexibility index (Phi) is 4.61. The van der Waals surface area contributed by atoms with Crippen molar-refractivity contribution in [2.45, 2.75) is 46.6 Å². The molecule has 0 amide bonds. The predicted molar refractivity (Wildman–Crippen MR) is 81.0 cm³/mol. The number of nitrogens with zero attached hydrogens (tertiary/aromatic N) is 2. The predicted octanol–water partition coefficient (Wildman–Crippen LogP) is 4.30. The molecule has 0 spiro atoms. The Morgan fingerprint density at radius 3 is 2.53 bits per heavy atom. The maximum atomic E-state index is 4.50. The van der Waals surface area contributed by atoms with Gasteiger partial charge in [-0.15, -0.1) is 0 Å². The van der Waals surface area contributed by atoms with Crippen LogP contribution in [0.15, 0.2) is 30.5 Å². The van der Waals surface area contributed by atoms with Crippen molar-refractivity contribution < 1.29 is 0 Å². The van der Waals surface area contributed by atoms with Gasteiger partial charge in [0.1, 0.15) is 0 Å². The molecular formula is C16H23N3. The number of benzene rings is 1. The van der Waals surface area contributed by atoms with E-state index in [2.05, 4.69) is 59.2 Å². The lowest BCUT2D eigenvalue weighted by atomic mass is 10.1. The molecule has 0 aliphatic carbocycles. The van der Waals surface area contributed by atoms with Crippen LogP contribution in [0.3, 0.4) is 0 Å². The summed E-state index contributed by atoms with van der Waals surface area (Å²) in [5.41, 5.74) is 3.55. The SMILES string of the molecule is CCCCc1ccc(Nc2nc(C)cn2CC)cc1. The lowest BCUT2D eigenvalue weighted by Gasteiger charge is -2.08. The monoisotopic (exact) mass is 257 g/mol. The van der Waals surface area contributed by atoms with Crippen molar-refractivity contribution in [3.8, 4) is 0 Å². The van der Waals surface area contributed by atoms with Crippen LogP contribution in [0.4, 0.5) is 11.6 Å². The standard InChI is InChI=1S/C16H23N3/c1-4-6-7-14-8-10-15(11-9-14)18-16-17-13(3)12-19(16)5-2/h8-12H,4-7H2,1-3H3,(H,17,18). The maximum absolute atomic E-state index is 4.50. The molecule has 0 atom stereocenters. The third kappa shape index (κ3) is 3.60. The molecule has 0 saturated carbocycles. The molecule has 0 aliphatic heterocycles. The van der Waals surface area contributed by atoms with E-state index in [0.717, 1.165) is 23.9 Å². The summed E-state index contributed by atoms with van der Waals surface area (Å²) in [6.07, 6.45) is 5.73. The van der Waals surface area contributed by atoms with Gasteiger partial charge in [-0.25, -0.2) is 4.98 Å². The highest BCUT2D eigenvalue weighted by Crippen LogP contribution is 2.17. The second kappa shape index (κ2) is 6.41. The lowest BCUT2D eigenvalue weighted by Crippen LogP contribution is -2.01. The Morgan fingerprint density at radius 1 is 1.16 bits per heavy atom. The molecule has 0 aliphatic rings. The van der Waals surface area contributed by atoms with Crippen molar-refractivity contribution in [2.75, 3.05) is 5.32 Å². The second-order valence-corrected chi connectivity index (χ2v) is 4.92. The fourth-order valence-corrected chi connectivity index (χ4v) is 2.15. The van der Waals surface area contributed by atoms with Crippen LogP contribution in [-0.4, -0.2) is 9.55 Å². The fourth-order valence-electron chi connectivity index (χ4n) is 2.15. The van der Waals surface area contributed by atoms with Crippen molar-refractivity contribution in [3.63, 3.8) is 0 Å². The second-order valence-electron chi connectivity index (χ2n) is 4.92. The van der Waals surface area contributed by atoms with E-state index in [0.29, 0.717) is 0 Å². The van der Waals surface area contributed by atoms with Crippen molar-refractivity contribution in [1.82, 2.24) is 9.55 Å². The van der Waals surface area contributed by atoms with Crippen LogP contribution in [0.1, 0.15) is 37.9 Å². The molecule has 0 radical (unpaired) electrons. The van der Waals surface area contributed by atoms with Gasteiger partial charge in [-0.1, -0.05) is 25.5 Å². The molecule has 1 aromatic heterocycles. The Balaban J connectivity index is 2.06. The van der Waals surface area contributed by atoms with Crippen molar-refractivity contribution in [2.24, 2.45) is 0 Å². The zero-order valence-corrected chi connectivity index (χ0v) is 12.1. The van der Waals surface area contributed by atoms with Crippen LogP contribution in [-0.2, 0) is 13.0 Å². The maximum Gasteiger partial charge on any atom is 0.207 e. The molecule has 102 valence electrons. The normalized spacial score (nSPS) is 10.7. The van der Waals surface area contributed by atoms with Crippen molar-refractivity contribution in [3.05, 3.63) is 41.7 Å². The number of imidazole rings is 1. The summed E-state index contributed by atoms with van der Waals surface area (Å²) in [5, 5.41) is 3.38. The molecule has 2 rings (SSSR count). The number of nitrogens with one attached hydrogen (secondary N) is 1. The van der Waals surface area contributed by atoms with Gasteiger partial charge >= 0.3 is 0 Å². The Bertz CT molecular complexity index is 511. The number of anilines is 2. The molecule has 3 nitrogen and oxygen atoms in total. The van der Waals surface area contributed by atoms with E-state index in [1.807, 2.05) is 6.92 Å². The van der Waals surface area contributed by atoms with E-state index < -0.39 is 0 Å². The van der Waals surface area contributed by atoms with Gasteiger partial charge in [-0.3, -0.25) is 0 Å². The minimum atomic E-state index is 0.918. The highest BCUT2D eigenvalue weighted by molar-refractivity contribution is 5.54. The van der Waals surface area contributed by atoms with E-state index in [-0.39, 0.29) is 0 Å². The van der Waals surface area contributed by atoms with Crippen molar-refractivity contribution >= 4 is 11.6 Å². The van der Waals surface area contributed by atoms with E-state index in [4.69, 9.17) is 0 Å². The molecular weight excluding hydrogens is 234 g/mol. The quantitative estimate of drug-likeness (QED) is 0.836. The molecule has 0 fully saturated rings. The first-order valence-electron chi connectivity index (χ1n) is 7.12. The summed E-state index contributed by atoms with van der Waals surface area (Å²) >= 11 is 0. The van der Waals surface area contributed by atoms with Gasteiger partial charge in [0.15, 0.2) is 0 Å². The van der Waals surface area contributed by atoms with Crippen LogP contribution in [0, 0.1) is 6.92 Å². The lowest BCUT2D eigenvalue weighted by molar-refractivity contribution is 0.771. The largest absolute Gasteiger partial charge is 0.326 e. The van der Waals surface area contributed by atoms with Crippen molar-refractivity contribution in [1.29, 1.82) is 0 Å². The highest BCUT2D eigenvalue weighted by Gasteiger charge is 2.04. The molecule has 2 aromatic rings. The first-order valence-corrected chi connectivity index (χ1v) is 7.12. The Morgan fingerprint density at radius 2 is 1.89 bits per heavy atom. The summed E-state index contributed by atoms with van der Waals surface area (Å²) in [7, 11) is 0. The van der Waals surface area contributed by atoms with Gasteiger partial charge < -0.3 is 9.88 Å². The van der Waals surface area contributed by atoms with Crippen LogP contribution < -0.4 is 5.32 Å². The first-order chi connectivity index (χ1) is 9.22. The Hall–Kier alpha value is -1.77. The highest BCUT2D eigenvalue weighted by atomic mass is 15.2. The van der Waals surface area contributed by atoms with E-state index in [9.17, 15) is 0 Å². The summed E-state index contributed by atoms with van der Waals surface area (Å²) in [5.74, 6) is 0.918. The van der Waals surface area contributed by atoms with Gasteiger partial charge in [0, 0.05) is 18.4 Å². The molecule has 0 bridgehead atoms. The molecule has 1 heterocycles. The first kappa shape index (κ1) is 13.7. The number of aryl methyl sites for hydroxylation is 3. The van der Waals surface area contributed by atoms with E-state index >= 15 is 0 Å². The number of rotatable bonds is 6. The Labute approximate surface area is 115 Å². The van der Waals surface area contributed by atoms with E-state index in [1.54, 1.807) is 0 Å². The van der Waals surface area contributed by atoms with Crippen LogP contribution in [0.5, 0.6) is 0 Å². The van der Waals surface area contributed by atoms with Gasteiger partial charge in [-0.2, -0.15) is 0 Å². The number of unbranched alkanes of at least 4 members (excludes halogenated alkanes) is 1. The molecule has 3 heteroatoms. The average Bonchev–Trinajstić information content (AvgIpc) is 2.78. The molecule has 0 unspecified atom stereocenters. The van der Waals surface area contributed by atoms with Crippen LogP contribution in [0.2, 0.25) is 0 Å². The number of hydrogen-bond donors (Lipinski definition) is 1. The fraction of sp³-hybridized carbons (Fsp3) is 0.438. The summed E-state index contributed by atoms with van der Waals surface area (Å²) in [6, 6.07) is 8.66. The summed E-state index contributed by atoms with van der Waals surface area (Å²) in [4.78, 5) is 4.50. The van der Waals surface area contributed by atoms with Crippen LogP contribution in [0.25, 0.3) is 0 Å². The zero-order valence-electron chi connectivity index (χ0n) is 12.1. The smallest absolute Gasteiger partial charge is 0.207 e. The number of hydrogen-bond acceptors (Lipinski definition) is 2. The van der Waals surface area contributed by atoms with Crippen LogP contribution >= 0.6 is 0 Å². The van der Waals surface area contributed by atoms with Gasteiger partial charge in [0.05, 0.1) is 5.69 Å². The summed E-state index contributed by atoms with van der Waals surface area (Å²) in [6.45, 7) is 7.30. The zero-order chi connectivity index (χ0) is 13.7. The topological polar surface area (TPSA) is 29.9 Å². The minimum Gasteiger partial charge on any atom is -0.326 e. The third-order valence-electron chi connectivity index (χ3n) is 3.27.